The van der Waals surface area contributed by atoms with E-state index in [1.54, 1.807) is 6.08 Å². The SMILES string of the molecule is CC.CC(C)(C)C.C\C=C/C=C(Cl)\C=C\C1CNC[C@H]1c1cc(F)c(Cl)cc1NC=O.O=CNCCCC1CCCC1. The van der Waals surface area contributed by atoms with Crippen LogP contribution in [0.4, 0.5) is 10.1 Å². The normalized spacial score (nSPS) is 18.9. The van der Waals surface area contributed by atoms with Crippen molar-refractivity contribution >= 4 is 41.7 Å². The van der Waals surface area contributed by atoms with Crippen molar-refractivity contribution in [2.24, 2.45) is 17.3 Å². The molecule has 0 aromatic heterocycles. The van der Waals surface area contributed by atoms with Gasteiger partial charge in [-0.25, -0.2) is 4.39 Å². The minimum absolute atomic E-state index is 0.0153. The highest BCUT2D eigenvalue weighted by atomic mass is 35.5. The first-order chi connectivity index (χ1) is 20.0. The molecule has 2 atom stereocenters. The van der Waals surface area contributed by atoms with Crippen LogP contribution in [0, 0.1) is 23.1 Å². The Morgan fingerprint density at radius 2 is 1.74 bits per heavy atom. The molecule has 2 amide bonds. The van der Waals surface area contributed by atoms with Crippen molar-refractivity contribution in [3.05, 3.63) is 63.9 Å². The van der Waals surface area contributed by atoms with Gasteiger partial charge in [-0.05, 0) is 66.9 Å². The van der Waals surface area contributed by atoms with Gasteiger partial charge < -0.3 is 16.0 Å². The monoisotopic (exact) mass is 625 g/mol. The van der Waals surface area contributed by atoms with Gasteiger partial charge in [-0.1, -0.05) is 109 Å². The summed E-state index contributed by atoms with van der Waals surface area (Å²) in [6, 6.07) is 2.84. The minimum atomic E-state index is -0.497. The van der Waals surface area contributed by atoms with Crippen molar-refractivity contribution < 1.29 is 14.0 Å². The standard InChI is InChI=1S/C18H19Cl2FN2O.C9H17NO.C5H12.C2H6/c1-2-3-4-13(19)6-5-12-9-22-10-15(12)14-7-17(21)16(20)8-18(14)23-11-24;11-8-10-7-3-6-9-4-1-2-5-9;1-5(2,3)4;1-2/h2-8,11-12,15,22H,9-10H2,1H3,(H,23,24);8-9H,1-7H2,(H,10,11);1-4H3;1-2H3/b3-2-,6-5+,13-4+;;;/t12?,15-;;;/m1.../s1. The summed E-state index contributed by atoms with van der Waals surface area (Å²) in [5.41, 5.74) is 1.75. The molecule has 8 heteroatoms. The Balaban J connectivity index is 0.000000770. The van der Waals surface area contributed by atoms with E-state index >= 15 is 0 Å². The number of amides is 2. The van der Waals surface area contributed by atoms with Gasteiger partial charge in [0, 0.05) is 36.3 Å². The third-order valence-electron chi connectivity index (χ3n) is 6.41. The zero-order chi connectivity index (χ0) is 32.0. The Labute approximate surface area is 264 Å². The van der Waals surface area contributed by atoms with Gasteiger partial charge in [0.2, 0.25) is 12.8 Å². The van der Waals surface area contributed by atoms with E-state index in [1.807, 2.05) is 45.1 Å². The molecule has 0 radical (unpaired) electrons. The van der Waals surface area contributed by atoms with E-state index in [1.165, 1.54) is 44.2 Å². The van der Waals surface area contributed by atoms with Crippen molar-refractivity contribution in [1.29, 1.82) is 0 Å². The number of nitrogens with one attached hydrogen (secondary N) is 3. The number of anilines is 1. The number of hydrogen-bond donors (Lipinski definition) is 3. The molecular weight excluding hydrogens is 572 g/mol. The van der Waals surface area contributed by atoms with Gasteiger partial charge in [0.1, 0.15) is 5.82 Å². The molecule has 2 aliphatic rings. The van der Waals surface area contributed by atoms with E-state index in [0.717, 1.165) is 37.4 Å². The summed E-state index contributed by atoms with van der Waals surface area (Å²) in [5.74, 6) is 0.611. The second-order valence-corrected chi connectivity index (χ2v) is 12.7. The molecule has 1 saturated carbocycles. The molecule has 1 aliphatic heterocycles. The van der Waals surface area contributed by atoms with E-state index in [0.29, 0.717) is 29.1 Å². The molecule has 1 aromatic carbocycles. The van der Waals surface area contributed by atoms with Crippen LogP contribution >= 0.6 is 23.2 Å². The van der Waals surface area contributed by atoms with Crippen molar-refractivity contribution in [2.75, 3.05) is 25.0 Å². The highest BCUT2D eigenvalue weighted by Crippen LogP contribution is 2.36. The second kappa shape index (κ2) is 23.3. The maximum Gasteiger partial charge on any atom is 0.211 e. The predicted octanol–water partition coefficient (Wildman–Crippen LogP) is 9.39. The van der Waals surface area contributed by atoms with E-state index in [9.17, 15) is 14.0 Å². The fraction of sp³-hybridized carbons (Fsp3) is 0.588. The van der Waals surface area contributed by atoms with E-state index in [-0.39, 0.29) is 16.9 Å². The summed E-state index contributed by atoms with van der Waals surface area (Å²) < 4.78 is 13.9. The van der Waals surface area contributed by atoms with Crippen molar-refractivity contribution in [2.45, 2.75) is 92.9 Å². The molecule has 1 unspecified atom stereocenters. The highest BCUT2D eigenvalue weighted by Gasteiger charge is 2.29. The first-order valence-corrected chi connectivity index (χ1v) is 16.0. The average Bonchev–Trinajstić information content (AvgIpc) is 3.64. The molecule has 1 aromatic rings. The number of hydrogen-bond acceptors (Lipinski definition) is 3. The molecule has 3 N–H and O–H groups in total. The van der Waals surface area contributed by atoms with Crippen LogP contribution in [0.2, 0.25) is 5.02 Å². The number of allylic oxidation sites excluding steroid dienone is 5. The molecule has 238 valence electrons. The van der Waals surface area contributed by atoms with Gasteiger partial charge in [0.25, 0.3) is 0 Å². The second-order valence-electron chi connectivity index (χ2n) is 11.8. The fourth-order valence-corrected chi connectivity index (χ4v) is 4.92. The molecule has 1 heterocycles. The lowest BCUT2D eigenvalue weighted by Gasteiger charge is -2.19. The number of carbonyl (C=O) groups excluding carboxylic acids is 2. The third kappa shape index (κ3) is 18.4. The summed E-state index contributed by atoms with van der Waals surface area (Å²) >= 11 is 11.9. The van der Waals surface area contributed by atoms with Gasteiger partial charge in [0.15, 0.2) is 0 Å². The zero-order valence-corrected chi connectivity index (χ0v) is 28.3. The van der Waals surface area contributed by atoms with Crippen molar-refractivity contribution in [3.63, 3.8) is 0 Å². The maximum atomic E-state index is 13.9. The number of carbonyl (C=O) groups is 2. The Morgan fingerprint density at radius 3 is 2.31 bits per heavy atom. The molecule has 2 fully saturated rings. The van der Waals surface area contributed by atoms with Crippen LogP contribution in [-0.2, 0) is 9.59 Å². The Kier molecular flexibility index (Phi) is 22.1. The first-order valence-electron chi connectivity index (χ1n) is 15.2. The quantitative estimate of drug-likeness (QED) is 0.130. The Morgan fingerprint density at radius 1 is 1.10 bits per heavy atom. The lowest BCUT2D eigenvalue weighted by atomic mass is 9.87. The van der Waals surface area contributed by atoms with E-state index in [2.05, 4.69) is 43.6 Å². The maximum absolute atomic E-state index is 13.9. The Hall–Kier alpha value is -2.15. The third-order valence-corrected chi connectivity index (χ3v) is 6.95. The summed E-state index contributed by atoms with van der Waals surface area (Å²) in [5, 5.41) is 9.19. The average molecular weight is 627 g/mol. The molecule has 0 spiro atoms. The topological polar surface area (TPSA) is 70.2 Å². The van der Waals surface area contributed by atoms with Gasteiger partial charge in [-0.2, -0.15) is 0 Å². The van der Waals surface area contributed by atoms with Crippen LogP contribution in [0.15, 0.2) is 47.5 Å². The van der Waals surface area contributed by atoms with E-state index < -0.39 is 5.82 Å². The van der Waals surface area contributed by atoms with Gasteiger partial charge >= 0.3 is 0 Å². The van der Waals surface area contributed by atoms with Crippen LogP contribution in [0.25, 0.3) is 0 Å². The van der Waals surface area contributed by atoms with E-state index in [4.69, 9.17) is 23.2 Å². The van der Waals surface area contributed by atoms with Crippen LogP contribution in [-0.4, -0.2) is 32.5 Å². The molecule has 1 aliphatic carbocycles. The van der Waals surface area contributed by atoms with Gasteiger partial charge in [-0.15, -0.1) is 0 Å². The fourth-order valence-electron chi connectivity index (χ4n) is 4.61. The van der Waals surface area contributed by atoms with Crippen molar-refractivity contribution in [3.8, 4) is 0 Å². The molecule has 5 nitrogen and oxygen atoms in total. The van der Waals surface area contributed by atoms with Gasteiger partial charge in [-0.3, -0.25) is 9.59 Å². The molecular formula is C34H54Cl2FN3O2. The van der Waals surface area contributed by atoms with Crippen molar-refractivity contribution in [1.82, 2.24) is 10.6 Å². The smallest absolute Gasteiger partial charge is 0.211 e. The Bertz CT molecular complexity index is 978. The summed E-state index contributed by atoms with van der Waals surface area (Å²) in [4.78, 5) is 20.7. The first kappa shape index (κ1) is 39.8. The lowest BCUT2D eigenvalue weighted by Crippen LogP contribution is -2.12. The number of halogens is 3. The summed E-state index contributed by atoms with van der Waals surface area (Å²) in [7, 11) is 0. The van der Waals surface area contributed by atoms with Crippen LogP contribution in [0.5, 0.6) is 0 Å². The summed E-state index contributed by atoms with van der Waals surface area (Å²) in [6.45, 7) is 17.0. The summed E-state index contributed by atoms with van der Waals surface area (Å²) in [6.07, 6.45) is 18.9. The molecule has 0 bridgehead atoms. The number of benzene rings is 1. The highest BCUT2D eigenvalue weighted by molar-refractivity contribution is 6.31. The molecule has 42 heavy (non-hydrogen) atoms. The van der Waals surface area contributed by atoms with Gasteiger partial charge in [0.05, 0.1) is 5.02 Å². The van der Waals surface area contributed by atoms with Crippen LogP contribution in [0.3, 0.4) is 0 Å². The van der Waals surface area contributed by atoms with Crippen LogP contribution in [0.1, 0.15) is 98.5 Å². The lowest BCUT2D eigenvalue weighted by molar-refractivity contribution is -0.109. The van der Waals surface area contributed by atoms with Crippen LogP contribution < -0.4 is 16.0 Å². The predicted molar refractivity (Wildman–Crippen MR) is 180 cm³/mol. The molecule has 3 rings (SSSR count). The molecule has 1 saturated heterocycles. The number of rotatable bonds is 11. The zero-order valence-electron chi connectivity index (χ0n) is 26.7. The largest absolute Gasteiger partial charge is 0.359 e. The minimum Gasteiger partial charge on any atom is -0.359 e.